The Hall–Kier alpha value is -1.58. The molecule has 4 heteroatoms. The summed E-state index contributed by atoms with van der Waals surface area (Å²) in [6, 6.07) is 3.52. The highest BCUT2D eigenvalue weighted by molar-refractivity contribution is 5.95. The topological polar surface area (TPSA) is 54.0 Å². The SMILES string of the molecule is CCNc1cc(C(=O)NC(C)(CC)CC)ccn1. The van der Waals surface area contributed by atoms with Crippen molar-refractivity contribution in [2.75, 3.05) is 11.9 Å². The zero-order chi connectivity index (χ0) is 13.6. The van der Waals surface area contributed by atoms with Gasteiger partial charge in [0, 0.05) is 23.8 Å². The molecule has 100 valence electrons. The molecule has 0 aliphatic heterocycles. The summed E-state index contributed by atoms with van der Waals surface area (Å²) in [5.41, 5.74) is 0.507. The van der Waals surface area contributed by atoms with Gasteiger partial charge in [-0.25, -0.2) is 4.98 Å². The van der Waals surface area contributed by atoms with E-state index >= 15 is 0 Å². The van der Waals surface area contributed by atoms with E-state index in [1.807, 2.05) is 6.92 Å². The van der Waals surface area contributed by atoms with Gasteiger partial charge in [-0.1, -0.05) is 13.8 Å². The van der Waals surface area contributed by atoms with Crippen LogP contribution in [0.25, 0.3) is 0 Å². The van der Waals surface area contributed by atoms with Crippen LogP contribution >= 0.6 is 0 Å². The standard InChI is InChI=1S/C14H23N3O/c1-5-14(4,6-2)17-13(18)11-8-9-16-12(10-11)15-7-3/h8-10H,5-7H2,1-4H3,(H,15,16)(H,17,18). The van der Waals surface area contributed by atoms with Crippen molar-refractivity contribution in [1.82, 2.24) is 10.3 Å². The van der Waals surface area contributed by atoms with Crippen LogP contribution in [0.2, 0.25) is 0 Å². The summed E-state index contributed by atoms with van der Waals surface area (Å²) in [6.07, 6.45) is 3.49. The minimum absolute atomic E-state index is 0.0391. The molecular weight excluding hydrogens is 226 g/mol. The van der Waals surface area contributed by atoms with E-state index in [0.29, 0.717) is 5.56 Å². The van der Waals surface area contributed by atoms with Crippen molar-refractivity contribution < 1.29 is 4.79 Å². The number of carbonyl (C=O) groups excluding carboxylic acids is 1. The Labute approximate surface area is 109 Å². The molecule has 0 aromatic carbocycles. The zero-order valence-corrected chi connectivity index (χ0v) is 11.7. The molecule has 1 heterocycles. The third kappa shape index (κ3) is 3.72. The van der Waals surface area contributed by atoms with Crippen LogP contribution in [0.5, 0.6) is 0 Å². The number of anilines is 1. The second-order valence-corrected chi connectivity index (χ2v) is 4.68. The molecule has 1 amide bonds. The van der Waals surface area contributed by atoms with E-state index in [1.165, 1.54) is 0 Å². The van der Waals surface area contributed by atoms with Crippen molar-refractivity contribution in [3.05, 3.63) is 23.9 Å². The van der Waals surface area contributed by atoms with Gasteiger partial charge in [0.25, 0.3) is 5.91 Å². The van der Waals surface area contributed by atoms with Crippen LogP contribution in [0.1, 0.15) is 50.9 Å². The van der Waals surface area contributed by atoms with Crippen LogP contribution in [0, 0.1) is 0 Å². The number of rotatable bonds is 6. The number of amides is 1. The van der Waals surface area contributed by atoms with Crippen LogP contribution in [-0.2, 0) is 0 Å². The largest absolute Gasteiger partial charge is 0.370 e. The lowest BCUT2D eigenvalue weighted by molar-refractivity contribution is 0.0901. The number of hydrogen-bond donors (Lipinski definition) is 2. The first-order valence-corrected chi connectivity index (χ1v) is 6.57. The highest BCUT2D eigenvalue weighted by Gasteiger charge is 2.22. The third-order valence-electron chi connectivity index (χ3n) is 3.36. The summed E-state index contributed by atoms with van der Waals surface area (Å²) in [6.45, 7) is 9.03. The number of carbonyl (C=O) groups is 1. The average molecular weight is 249 g/mol. The molecule has 0 bridgehead atoms. The predicted molar refractivity (Wildman–Crippen MR) is 74.9 cm³/mol. The molecule has 0 saturated carbocycles. The second-order valence-electron chi connectivity index (χ2n) is 4.68. The number of pyridine rings is 1. The summed E-state index contributed by atoms with van der Waals surface area (Å²) in [5.74, 6) is 0.697. The van der Waals surface area contributed by atoms with Gasteiger partial charge >= 0.3 is 0 Å². The molecule has 4 nitrogen and oxygen atoms in total. The summed E-state index contributed by atoms with van der Waals surface area (Å²) < 4.78 is 0. The molecule has 2 N–H and O–H groups in total. The second kappa shape index (κ2) is 6.38. The zero-order valence-electron chi connectivity index (χ0n) is 11.7. The maximum atomic E-state index is 12.2. The fourth-order valence-corrected chi connectivity index (χ4v) is 1.62. The minimum Gasteiger partial charge on any atom is -0.370 e. The first-order chi connectivity index (χ1) is 8.54. The van der Waals surface area contributed by atoms with Crippen molar-refractivity contribution in [2.24, 2.45) is 0 Å². The molecule has 1 aromatic heterocycles. The van der Waals surface area contributed by atoms with E-state index in [1.54, 1.807) is 18.3 Å². The van der Waals surface area contributed by atoms with Gasteiger partial charge in [-0.3, -0.25) is 4.79 Å². The molecule has 0 aliphatic rings. The highest BCUT2D eigenvalue weighted by Crippen LogP contribution is 2.15. The molecule has 1 rings (SSSR count). The molecule has 0 atom stereocenters. The lowest BCUT2D eigenvalue weighted by atomic mass is 9.95. The van der Waals surface area contributed by atoms with Crippen molar-refractivity contribution in [2.45, 2.75) is 46.1 Å². The normalized spacial score (nSPS) is 11.1. The van der Waals surface area contributed by atoms with Crippen LogP contribution < -0.4 is 10.6 Å². The molecule has 0 radical (unpaired) electrons. The van der Waals surface area contributed by atoms with Gasteiger partial charge in [-0.05, 0) is 38.8 Å². The predicted octanol–water partition coefficient (Wildman–Crippen LogP) is 2.82. The molecule has 0 aliphatic carbocycles. The molecule has 0 spiro atoms. The summed E-state index contributed by atoms with van der Waals surface area (Å²) in [7, 11) is 0. The van der Waals surface area contributed by atoms with Crippen LogP contribution in [0.3, 0.4) is 0 Å². The summed E-state index contributed by atoms with van der Waals surface area (Å²) in [5, 5.41) is 6.19. The third-order valence-corrected chi connectivity index (χ3v) is 3.36. The number of nitrogens with one attached hydrogen (secondary N) is 2. The van der Waals surface area contributed by atoms with E-state index in [9.17, 15) is 4.79 Å². The Morgan fingerprint density at radius 2 is 2.00 bits per heavy atom. The first-order valence-electron chi connectivity index (χ1n) is 6.57. The quantitative estimate of drug-likeness (QED) is 0.815. The molecule has 0 saturated heterocycles. The highest BCUT2D eigenvalue weighted by atomic mass is 16.1. The minimum atomic E-state index is -0.140. The monoisotopic (exact) mass is 249 g/mol. The first kappa shape index (κ1) is 14.5. The van der Waals surface area contributed by atoms with Gasteiger partial charge in [0.05, 0.1) is 0 Å². The van der Waals surface area contributed by atoms with Gasteiger partial charge in [0.15, 0.2) is 0 Å². The van der Waals surface area contributed by atoms with Gasteiger partial charge in [0.2, 0.25) is 0 Å². The van der Waals surface area contributed by atoms with Crippen molar-refractivity contribution >= 4 is 11.7 Å². The maximum Gasteiger partial charge on any atom is 0.251 e. The van der Waals surface area contributed by atoms with E-state index in [2.05, 4.69) is 36.4 Å². The number of hydrogen-bond acceptors (Lipinski definition) is 3. The van der Waals surface area contributed by atoms with Crippen molar-refractivity contribution in [1.29, 1.82) is 0 Å². The Morgan fingerprint density at radius 3 is 2.56 bits per heavy atom. The van der Waals surface area contributed by atoms with Gasteiger partial charge in [0.1, 0.15) is 5.82 Å². The lowest BCUT2D eigenvalue weighted by Gasteiger charge is -2.28. The van der Waals surface area contributed by atoms with E-state index in [4.69, 9.17) is 0 Å². The summed E-state index contributed by atoms with van der Waals surface area (Å²) in [4.78, 5) is 16.3. The van der Waals surface area contributed by atoms with Crippen molar-refractivity contribution in [3.8, 4) is 0 Å². The number of nitrogens with zero attached hydrogens (tertiary/aromatic N) is 1. The Balaban J connectivity index is 2.81. The lowest BCUT2D eigenvalue weighted by Crippen LogP contribution is -2.44. The fourth-order valence-electron chi connectivity index (χ4n) is 1.62. The Morgan fingerprint density at radius 1 is 1.33 bits per heavy atom. The van der Waals surface area contributed by atoms with E-state index < -0.39 is 0 Å². The maximum absolute atomic E-state index is 12.2. The van der Waals surface area contributed by atoms with Gasteiger partial charge < -0.3 is 10.6 Å². The molecule has 1 aromatic rings. The Kier molecular flexibility index (Phi) is 5.13. The molecule has 0 fully saturated rings. The van der Waals surface area contributed by atoms with Crippen molar-refractivity contribution in [3.63, 3.8) is 0 Å². The Bertz CT molecular complexity index is 400. The van der Waals surface area contributed by atoms with E-state index in [0.717, 1.165) is 25.2 Å². The van der Waals surface area contributed by atoms with Gasteiger partial charge in [-0.2, -0.15) is 0 Å². The van der Waals surface area contributed by atoms with Gasteiger partial charge in [-0.15, -0.1) is 0 Å². The molecular formula is C14H23N3O. The average Bonchev–Trinajstić information content (AvgIpc) is 2.39. The fraction of sp³-hybridized carbons (Fsp3) is 0.571. The van der Waals surface area contributed by atoms with Crippen LogP contribution in [-0.4, -0.2) is 23.0 Å². The van der Waals surface area contributed by atoms with Crippen LogP contribution in [0.15, 0.2) is 18.3 Å². The molecule has 0 unspecified atom stereocenters. The molecule has 18 heavy (non-hydrogen) atoms. The van der Waals surface area contributed by atoms with E-state index in [-0.39, 0.29) is 11.4 Å². The smallest absolute Gasteiger partial charge is 0.251 e. The summed E-state index contributed by atoms with van der Waals surface area (Å²) >= 11 is 0. The van der Waals surface area contributed by atoms with Crippen LogP contribution in [0.4, 0.5) is 5.82 Å². The number of aromatic nitrogens is 1.